The smallest absolute Gasteiger partial charge is 0.273 e. The van der Waals surface area contributed by atoms with Crippen LogP contribution >= 0.6 is 0 Å². The molecule has 1 unspecified atom stereocenters. The predicted octanol–water partition coefficient (Wildman–Crippen LogP) is 2.66. The average Bonchev–Trinajstić information content (AvgIpc) is 2.77. The van der Waals surface area contributed by atoms with E-state index in [1.165, 1.54) is 12.1 Å². The molecule has 0 amide bonds. The lowest BCUT2D eigenvalue weighted by molar-refractivity contribution is -0.384. The van der Waals surface area contributed by atoms with Crippen LogP contribution in [0.1, 0.15) is 30.0 Å². The normalized spacial score (nSPS) is 12.0. The number of nitrogens with two attached hydrogens (primary N) is 1. The molecule has 1 aromatic heterocycles. The molecule has 0 saturated carbocycles. The molecular formula is C13H17N5O3. The van der Waals surface area contributed by atoms with Gasteiger partial charge in [0.2, 0.25) is 0 Å². The topological polar surface area (TPSA) is 119 Å². The van der Waals surface area contributed by atoms with Crippen molar-refractivity contribution in [2.45, 2.75) is 26.8 Å². The molecule has 21 heavy (non-hydrogen) atoms. The predicted molar refractivity (Wildman–Crippen MR) is 78.9 cm³/mol. The van der Waals surface area contributed by atoms with E-state index in [4.69, 9.17) is 10.4 Å². The number of nitrogen functional groups attached to an aromatic ring is 1. The molecule has 0 aliphatic heterocycles. The van der Waals surface area contributed by atoms with Crippen molar-refractivity contribution in [2.75, 3.05) is 10.7 Å². The minimum atomic E-state index is -0.466. The lowest BCUT2D eigenvalue weighted by Gasteiger charge is -2.16. The third-order valence-electron chi connectivity index (χ3n) is 3.20. The highest BCUT2D eigenvalue weighted by molar-refractivity contribution is 5.63. The van der Waals surface area contributed by atoms with Crippen LogP contribution in [0.3, 0.4) is 0 Å². The monoisotopic (exact) mass is 291 g/mol. The van der Waals surface area contributed by atoms with Crippen molar-refractivity contribution in [3.05, 3.63) is 45.3 Å². The number of rotatable bonds is 5. The first-order valence-electron chi connectivity index (χ1n) is 6.37. The largest absolute Gasteiger partial charge is 0.378 e. The van der Waals surface area contributed by atoms with E-state index in [1.54, 1.807) is 6.07 Å². The van der Waals surface area contributed by atoms with E-state index in [-0.39, 0.29) is 11.7 Å². The maximum Gasteiger partial charge on any atom is 0.273 e. The van der Waals surface area contributed by atoms with E-state index < -0.39 is 4.92 Å². The van der Waals surface area contributed by atoms with Gasteiger partial charge < -0.3 is 15.3 Å². The number of benzene rings is 1. The first kappa shape index (κ1) is 14.8. The maximum absolute atomic E-state index is 10.9. The number of nitro groups is 1. The Morgan fingerprint density at radius 1 is 1.33 bits per heavy atom. The van der Waals surface area contributed by atoms with E-state index in [1.807, 2.05) is 20.8 Å². The molecule has 112 valence electrons. The van der Waals surface area contributed by atoms with Crippen LogP contribution in [0.15, 0.2) is 22.7 Å². The summed E-state index contributed by atoms with van der Waals surface area (Å²) in [6.07, 6.45) is 0. The van der Waals surface area contributed by atoms with Gasteiger partial charge in [-0.3, -0.25) is 16.0 Å². The quantitative estimate of drug-likeness (QED) is 0.440. The number of anilines is 2. The van der Waals surface area contributed by atoms with Crippen molar-refractivity contribution in [1.82, 2.24) is 5.16 Å². The summed E-state index contributed by atoms with van der Waals surface area (Å²) in [5.74, 6) is 6.05. The summed E-state index contributed by atoms with van der Waals surface area (Å²) >= 11 is 0. The lowest BCUT2D eigenvalue weighted by Crippen LogP contribution is -2.11. The van der Waals surface area contributed by atoms with Gasteiger partial charge in [0, 0.05) is 23.4 Å². The second-order valence-corrected chi connectivity index (χ2v) is 4.77. The number of nitrogens with one attached hydrogen (secondary N) is 2. The van der Waals surface area contributed by atoms with Crippen LogP contribution in [-0.4, -0.2) is 10.1 Å². The Morgan fingerprint density at radius 3 is 2.52 bits per heavy atom. The number of nitro benzene ring substituents is 1. The number of nitrogens with zero attached hydrogens (tertiary/aromatic N) is 2. The highest BCUT2D eigenvalue weighted by atomic mass is 16.6. The molecular weight excluding hydrogens is 274 g/mol. The van der Waals surface area contributed by atoms with Gasteiger partial charge in [-0.25, -0.2) is 0 Å². The second-order valence-electron chi connectivity index (χ2n) is 4.77. The van der Waals surface area contributed by atoms with Gasteiger partial charge >= 0.3 is 0 Å². The molecule has 2 rings (SSSR count). The fourth-order valence-corrected chi connectivity index (χ4v) is 2.31. The van der Waals surface area contributed by atoms with Crippen molar-refractivity contribution in [3.8, 4) is 0 Å². The van der Waals surface area contributed by atoms with Crippen LogP contribution in [0.5, 0.6) is 0 Å². The van der Waals surface area contributed by atoms with Gasteiger partial charge in [0.25, 0.3) is 5.69 Å². The summed E-state index contributed by atoms with van der Waals surface area (Å²) in [4.78, 5) is 10.5. The molecule has 0 fully saturated rings. The van der Waals surface area contributed by atoms with E-state index in [0.717, 1.165) is 17.0 Å². The average molecular weight is 291 g/mol. The molecule has 8 nitrogen and oxygen atoms in total. The number of aryl methyl sites for hydroxylation is 2. The van der Waals surface area contributed by atoms with Crippen molar-refractivity contribution in [1.29, 1.82) is 0 Å². The number of hydrogen-bond donors (Lipinski definition) is 3. The number of hydrogen-bond acceptors (Lipinski definition) is 7. The molecule has 0 saturated heterocycles. The molecule has 0 bridgehead atoms. The molecule has 4 N–H and O–H groups in total. The SMILES string of the molecule is Cc1noc(C)c1C(C)Nc1cc(NN)cc([N+](=O)[O-])c1. The first-order chi connectivity index (χ1) is 9.92. The van der Waals surface area contributed by atoms with Gasteiger partial charge in [-0.15, -0.1) is 0 Å². The highest BCUT2D eigenvalue weighted by Gasteiger charge is 2.17. The number of hydrazine groups is 1. The second kappa shape index (κ2) is 5.80. The summed E-state index contributed by atoms with van der Waals surface area (Å²) in [6, 6.07) is 4.41. The van der Waals surface area contributed by atoms with E-state index >= 15 is 0 Å². The van der Waals surface area contributed by atoms with Crippen LogP contribution in [0, 0.1) is 24.0 Å². The standard InChI is InChI=1S/C13H17N5O3/c1-7(13-8(2)17-21-9(13)3)15-10-4-11(16-14)6-12(5-10)18(19)20/h4-7,15-16H,14H2,1-3H3. The van der Waals surface area contributed by atoms with E-state index in [2.05, 4.69) is 15.9 Å². The Balaban J connectivity index is 2.30. The van der Waals surface area contributed by atoms with Crippen molar-refractivity contribution >= 4 is 17.1 Å². The lowest BCUT2D eigenvalue weighted by atomic mass is 10.1. The zero-order valence-corrected chi connectivity index (χ0v) is 12.0. The Bertz CT molecular complexity index is 648. The zero-order valence-electron chi connectivity index (χ0n) is 12.0. The van der Waals surface area contributed by atoms with Gasteiger partial charge in [0.1, 0.15) is 5.76 Å². The minimum Gasteiger partial charge on any atom is -0.378 e. The third kappa shape index (κ3) is 3.11. The van der Waals surface area contributed by atoms with Crippen LogP contribution in [0.4, 0.5) is 17.1 Å². The molecule has 1 aromatic carbocycles. The van der Waals surface area contributed by atoms with Crippen molar-refractivity contribution in [3.63, 3.8) is 0 Å². The molecule has 1 heterocycles. The molecule has 2 aromatic rings. The van der Waals surface area contributed by atoms with Crippen molar-refractivity contribution < 1.29 is 9.45 Å². The van der Waals surface area contributed by atoms with Gasteiger partial charge in [-0.1, -0.05) is 5.16 Å². The molecule has 1 atom stereocenters. The maximum atomic E-state index is 10.9. The van der Waals surface area contributed by atoms with Crippen molar-refractivity contribution in [2.24, 2.45) is 5.84 Å². The molecule has 0 aliphatic rings. The first-order valence-corrected chi connectivity index (χ1v) is 6.37. The van der Waals surface area contributed by atoms with Gasteiger partial charge in [0.05, 0.1) is 22.3 Å². The Labute approximate surface area is 121 Å². The van der Waals surface area contributed by atoms with Gasteiger partial charge in [-0.05, 0) is 26.8 Å². The van der Waals surface area contributed by atoms with Crippen LogP contribution in [0.25, 0.3) is 0 Å². The Kier molecular flexibility index (Phi) is 4.08. The van der Waals surface area contributed by atoms with Gasteiger partial charge in [0.15, 0.2) is 0 Å². The van der Waals surface area contributed by atoms with E-state index in [0.29, 0.717) is 11.4 Å². The molecule has 0 aliphatic carbocycles. The number of non-ortho nitro benzene ring substituents is 1. The molecule has 8 heteroatoms. The van der Waals surface area contributed by atoms with Gasteiger partial charge in [-0.2, -0.15) is 0 Å². The molecule has 0 spiro atoms. The fraction of sp³-hybridized carbons (Fsp3) is 0.308. The fourth-order valence-electron chi connectivity index (χ4n) is 2.31. The summed E-state index contributed by atoms with van der Waals surface area (Å²) in [7, 11) is 0. The Morgan fingerprint density at radius 2 is 2.00 bits per heavy atom. The third-order valence-corrected chi connectivity index (χ3v) is 3.20. The molecule has 0 radical (unpaired) electrons. The Hall–Kier alpha value is -2.61. The number of aromatic nitrogens is 1. The highest BCUT2D eigenvalue weighted by Crippen LogP contribution is 2.29. The summed E-state index contributed by atoms with van der Waals surface area (Å²) < 4.78 is 5.13. The van der Waals surface area contributed by atoms with Crippen LogP contribution in [-0.2, 0) is 0 Å². The summed E-state index contributed by atoms with van der Waals surface area (Å²) in [6.45, 7) is 5.61. The minimum absolute atomic E-state index is 0.0427. The van der Waals surface area contributed by atoms with Crippen LogP contribution < -0.4 is 16.6 Å². The van der Waals surface area contributed by atoms with Crippen LogP contribution in [0.2, 0.25) is 0 Å². The zero-order chi connectivity index (χ0) is 15.6. The van der Waals surface area contributed by atoms with E-state index in [9.17, 15) is 10.1 Å². The summed E-state index contributed by atoms with van der Waals surface area (Å²) in [5.41, 5.74) is 5.14. The summed E-state index contributed by atoms with van der Waals surface area (Å²) in [5, 5.41) is 18.0.